The molecule has 0 saturated heterocycles. The molecule has 1 heterocycles. The van der Waals surface area contributed by atoms with Crippen LogP contribution in [0.25, 0.3) is 0 Å². The average Bonchev–Trinajstić information content (AvgIpc) is 3.23. The monoisotopic (exact) mass is 486 g/mol. The van der Waals surface area contributed by atoms with E-state index >= 15 is 0 Å². The van der Waals surface area contributed by atoms with Gasteiger partial charge in [0.15, 0.2) is 15.8 Å². The minimum atomic E-state index is -0.222. The number of nitrogens with one attached hydrogen (secondary N) is 1. The zero-order valence-corrected chi connectivity index (χ0v) is 20.6. The summed E-state index contributed by atoms with van der Waals surface area (Å²) in [6.45, 7) is 6.78. The summed E-state index contributed by atoms with van der Waals surface area (Å²) in [6.07, 6.45) is 1.55. The number of carbonyl (C=O) groups excluding carboxylic acids is 1. The van der Waals surface area contributed by atoms with Crippen molar-refractivity contribution in [2.75, 3.05) is 26.1 Å². The highest BCUT2D eigenvalue weighted by Crippen LogP contribution is 2.27. The number of benzene rings is 2. The minimum Gasteiger partial charge on any atom is -0.493 e. The Morgan fingerprint density at radius 1 is 1.06 bits per heavy atom. The number of nitrogens with zero attached hydrogens (tertiary/aromatic N) is 3. The lowest BCUT2D eigenvalue weighted by atomic mass is 10.1. The molecule has 3 aromatic rings. The fourth-order valence-corrected chi connectivity index (χ4v) is 4.28. The summed E-state index contributed by atoms with van der Waals surface area (Å²) in [5, 5.41) is 12.8. The molecule has 0 unspecified atom stereocenters. The summed E-state index contributed by atoms with van der Waals surface area (Å²) in [5.74, 6) is 1.98. The molecule has 0 aliphatic rings. The van der Waals surface area contributed by atoms with Crippen molar-refractivity contribution in [3.63, 3.8) is 0 Å². The van der Waals surface area contributed by atoms with Gasteiger partial charge in [0.2, 0.25) is 0 Å². The molecule has 0 spiro atoms. The lowest BCUT2D eigenvalue weighted by Crippen LogP contribution is -2.19. The predicted octanol–water partition coefficient (Wildman–Crippen LogP) is 4.17. The second-order valence-electron chi connectivity index (χ2n) is 7.02. The van der Waals surface area contributed by atoms with E-state index in [2.05, 4.69) is 34.6 Å². The number of rotatable bonds is 11. The van der Waals surface area contributed by atoms with E-state index in [0.29, 0.717) is 24.7 Å². The van der Waals surface area contributed by atoms with Crippen LogP contribution in [0.5, 0.6) is 17.2 Å². The Morgan fingerprint density at radius 2 is 1.88 bits per heavy atom. The van der Waals surface area contributed by atoms with Crippen molar-refractivity contribution in [2.24, 2.45) is 5.10 Å². The number of aromatic nitrogens is 2. The fraction of sp³-hybridized carbons (Fsp3) is 0.304. The lowest BCUT2D eigenvalue weighted by molar-refractivity contribution is -0.118. The summed E-state index contributed by atoms with van der Waals surface area (Å²) < 4.78 is 17.7. The van der Waals surface area contributed by atoms with Crippen LogP contribution >= 0.6 is 23.1 Å². The third-order valence-electron chi connectivity index (χ3n) is 4.51. The SMILES string of the molecule is COc1cc(/C=N/NC(=O)CSc2nnc(C)s2)ccc1OCCOc1ccc(C)c(C)c1. The highest BCUT2D eigenvalue weighted by atomic mass is 32.2. The number of thioether (sulfide) groups is 1. The summed E-state index contributed by atoms with van der Waals surface area (Å²) in [5.41, 5.74) is 5.68. The largest absolute Gasteiger partial charge is 0.493 e. The summed E-state index contributed by atoms with van der Waals surface area (Å²) in [7, 11) is 1.57. The first-order chi connectivity index (χ1) is 15.9. The van der Waals surface area contributed by atoms with Crippen molar-refractivity contribution in [3.05, 3.63) is 58.1 Å². The average molecular weight is 487 g/mol. The van der Waals surface area contributed by atoms with Crippen LogP contribution in [0.3, 0.4) is 0 Å². The number of hydrogen-bond donors (Lipinski definition) is 1. The predicted molar refractivity (Wildman–Crippen MR) is 131 cm³/mol. The maximum absolute atomic E-state index is 11.9. The Kier molecular flexibility index (Phi) is 9.08. The maximum atomic E-state index is 11.9. The molecule has 0 bridgehead atoms. The first-order valence-electron chi connectivity index (χ1n) is 10.2. The Balaban J connectivity index is 1.45. The zero-order valence-electron chi connectivity index (χ0n) is 19.0. The van der Waals surface area contributed by atoms with Crippen molar-refractivity contribution >= 4 is 35.2 Å². The van der Waals surface area contributed by atoms with Gasteiger partial charge in [-0.25, -0.2) is 5.43 Å². The van der Waals surface area contributed by atoms with Crippen LogP contribution in [0, 0.1) is 20.8 Å². The number of aryl methyl sites for hydroxylation is 3. The lowest BCUT2D eigenvalue weighted by Gasteiger charge is -2.12. The van der Waals surface area contributed by atoms with Gasteiger partial charge in [-0.1, -0.05) is 29.2 Å². The molecule has 33 heavy (non-hydrogen) atoms. The van der Waals surface area contributed by atoms with E-state index in [4.69, 9.17) is 14.2 Å². The van der Waals surface area contributed by atoms with Crippen LogP contribution in [0.4, 0.5) is 0 Å². The van der Waals surface area contributed by atoms with Crippen molar-refractivity contribution in [2.45, 2.75) is 25.1 Å². The molecule has 1 aromatic heterocycles. The van der Waals surface area contributed by atoms with E-state index < -0.39 is 0 Å². The molecule has 2 aromatic carbocycles. The molecule has 10 heteroatoms. The fourth-order valence-electron chi connectivity index (χ4n) is 2.67. The van der Waals surface area contributed by atoms with Crippen LogP contribution in [0.2, 0.25) is 0 Å². The number of carbonyl (C=O) groups is 1. The third-order valence-corrected chi connectivity index (χ3v) is 6.48. The second-order valence-corrected chi connectivity index (χ2v) is 9.43. The van der Waals surface area contributed by atoms with E-state index in [9.17, 15) is 4.79 Å². The Morgan fingerprint density at radius 3 is 2.61 bits per heavy atom. The standard InChI is InChI=1S/C23H26N4O4S2/c1-15-5-7-19(11-16(15)2)30-9-10-31-20-8-6-18(12-21(20)29-4)13-24-26-22(28)14-32-23-27-25-17(3)33-23/h5-8,11-13H,9-10,14H2,1-4H3,(H,26,28)/b24-13+. The van der Waals surface area contributed by atoms with Gasteiger partial charge in [0.1, 0.15) is 24.0 Å². The normalized spacial score (nSPS) is 10.9. The molecule has 0 fully saturated rings. The third kappa shape index (κ3) is 7.76. The zero-order chi connectivity index (χ0) is 23.6. The molecule has 3 rings (SSSR count). The highest BCUT2D eigenvalue weighted by molar-refractivity contribution is 8.01. The van der Waals surface area contributed by atoms with Gasteiger partial charge in [-0.2, -0.15) is 5.10 Å². The van der Waals surface area contributed by atoms with Crippen molar-refractivity contribution < 1.29 is 19.0 Å². The van der Waals surface area contributed by atoms with E-state index in [1.54, 1.807) is 25.5 Å². The summed E-state index contributed by atoms with van der Waals surface area (Å²) in [4.78, 5) is 11.9. The molecule has 0 aliphatic carbocycles. The van der Waals surface area contributed by atoms with Crippen LogP contribution in [0.1, 0.15) is 21.7 Å². The van der Waals surface area contributed by atoms with Gasteiger partial charge in [0, 0.05) is 0 Å². The Hall–Kier alpha value is -3.11. The molecule has 1 N–H and O–H groups in total. The van der Waals surface area contributed by atoms with E-state index in [0.717, 1.165) is 20.7 Å². The van der Waals surface area contributed by atoms with Gasteiger partial charge >= 0.3 is 0 Å². The highest BCUT2D eigenvalue weighted by Gasteiger charge is 2.07. The molecule has 0 radical (unpaired) electrons. The van der Waals surface area contributed by atoms with Gasteiger partial charge in [-0.05, 0) is 67.8 Å². The van der Waals surface area contributed by atoms with Crippen molar-refractivity contribution in [3.8, 4) is 17.2 Å². The molecule has 0 atom stereocenters. The Bertz CT molecular complexity index is 1120. The van der Waals surface area contributed by atoms with E-state index in [-0.39, 0.29) is 11.7 Å². The first-order valence-corrected chi connectivity index (χ1v) is 12.0. The molecule has 8 nitrogen and oxygen atoms in total. The molecule has 1 amide bonds. The van der Waals surface area contributed by atoms with E-state index in [1.807, 2.05) is 31.2 Å². The molecular formula is C23H26N4O4S2. The van der Waals surface area contributed by atoms with E-state index in [1.165, 1.54) is 34.2 Å². The second kappa shape index (κ2) is 12.2. The molecule has 174 valence electrons. The van der Waals surface area contributed by atoms with Crippen LogP contribution in [0.15, 0.2) is 45.8 Å². The van der Waals surface area contributed by atoms with Gasteiger partial charge in [-0.15, -0.1) is 10.2 Å². The number of hydrogen-bond acceptors (Lipinski definition) is 9. The van der Waals surface area contributed by atoms with Crippen molar-refractivity contribution in [1.82, 2.24) is 15.6 Å². The smallest absolute Gasteiger partial charge is 0.250 e. The number of amides is 1. The minimum absolute atomic E-state index is 0.215. The van der Waals surface area contributed by atoms with Gasteiger partial charge < -0.3 is 14.2 Å². The molecule has 0 saturated carbocycles. The van der Waals surface area contributed by atoms with Crippen molar-refractivity contribution in [1.29, 1.82) is 0 Å². The number of methoxy groups -OCH3 is 1. The maximum Gasteiger partial charge on any atom is 0.250 e. The quantitative estimate of drug-likeness (QED) is 0.188. The van der Waals surface area contributed by atoms with Gasteiger partial charge in [0.25, 0.3) is 5.91 Å². The van der Waals surface area contributed by atoms with Crippen LogP contribution in [-0.2, 0) is 4.79 Å². The number of ether oxygens (including phenoxy) is 3. The van der Waals surface area contributed by atoms with Crippen LogP contribution in [-0.4, -0.2) is 48.4 Å². The summed E-state index contributed by atoms with van der Waals surface area (Å²) >= 11 is 2.78. The van der Waals surface area contributed by atoms with Crippen LogP contribution < -0.4 is 19.6 Å². The first kappa shape index (κ1) is 24.5. The number of hydrazone groups is 1. The van der Waals surface area contributed by atoms with Gasteiger partial charge in [-0.3, -0.25) is 4.79 Å². The molecule has 0 aliphatic heterocycles. The Labute approximate surface area is 201 Å². The molecular weight excluding hydrogens is 460 g/mol. The topological polar surface area (TPSA) is 94.9 Å². The van der Waals surface area contributed by atoms with Gasteiger partial charge in [0.05, 0.1) is 19.1 Å². The summed E-state index contributed by atoms with van der Waals surface area (Å²) in [6, 6.07) is 11.4.